The lowest BCUT2D eigenvalue weighted by molar-refractivity contribution is 0.369. The number of allylic oxidation sites excluding steroid dienone is 1. The SMILES string of the molecule is CO/C(=C(\C)c1ccccc1)c1ccccc1C(C)(C)C. The Morgan fingerprint density at radius 2 is 1.43 bits per heavy atom. The van der Waals surface area contributed by atoms with E-state index in [4.69, 9.17) is 4.74 Å². The number of ether oxygens (including phenoxy) is 1. The first-order chi connectivity index (χ1) is 9.95. The molecule has 0 unspecified atom stereocenters. The van der Waals surface area contributed by atoms with E-state index in [0.717, 1.165) is 11.3 Å². The highest BCUT2D eigenvalue weighted by atomic mass is 16.5. The Hall–Kier alpha value is -2.02. The van der Waals surface area contributed by atoms with Gasteiger partial charge < -0.3 is 4.74 Å². The minimum Gasteiger partial charge on any atom is -0.496 e. The lowest BCUT2D eigenvalue weighted by Crippen LogP contribution is -2.14. The molecule has 0 saturated carbocycles. The zero-order chi connectivity index (χ0) is 15.5. The molecule has 0 aliphatic heterocycles. The maximum absolute atomic E-state index is 5.77. The van der Waals surface area contributed by atoms with Crippen molar-refractivity contribution in [1.82, 2.24) is 0 Å². The van der Waals surface area contributed by atoms with E-state index in [-0.39, 0.29) is 5.41 Å². The summed E-state index contributed by atoms with van der Waals surface area (Å²) in [5.41, 5.74) is 4.91. The van der Waals surface area contributed by atoms with Crippen LogP contribution in [-0.2, 0) is 10.2 Å². The first kappa shape index (κ1) is 15.4. The van der Waals surface area contributed by atoms with Crippen LogP contribution in [0.1, 0.15) is 44.4 Å². The predicted octanol–water partition coefficient (Wildman–Crippen LogP) is 5.52. The molecule has 2 aromatic carbocycles. The number of hydrogen-bond acceptors (Lipinski definition) is 1. The second-order valence-corrected chi connectivity index (χ2v) is 6.32. The van der Waals surface area contributed by atoms with Crippen LogP contribution in [0.15, 0.2) is 54.6 Å². The van der Waals surface area contributed by atoms with Gasteiger partial charge in [0.2, 0.25) is 0 Å². The molecule has 0 saturated heterocycles. The highest BCUT2D eigenvalue weighted by Crippen LogP contribution is 2.34. The quantitative estimate of drug-likeness (QED) is 0.531. The third-order valence-electron chi connectivity index (χ3n) is 3.73. The Morgan fingerprint density at radius 1 is 0.857 bits per heavy atom. The van der Waals surface area contributed by atoms with Crippen molar-refractivity contribution >= 4 is 11.3 Å². The summed E-state index contributed by atoms with van der Waals surface area (Å²) in [5.74, 6) is 0.951. The van der Waals surface area contributed by atoms with E-state index in [2.05, 4.69) is 76.2 Å². The standard InChI is InChI=1S/C20H24O/c1-15(16-11-7-6-8-12-16)19(21-5)17-13-9-10-14-18(17)20(2,3)4/h6-14H,1-5H3/b19-15+. The maximum Gasteiger partial charge on any atom is 0.129 e. The van der Waals surface area contributed by atoms with Gasteiger partial charge in [-0.1, -0.05) is 75.4 Å². The van der Waals surface area contributed by atoms with Crippen LogP contribution in [0.25, 0.3) is 11.3 Å². The molecule has 0 heterocycles. The van der Waals surface area contributed by atoms with Crippen LogP contribution in [0.4, 0.5) is 0 Å². The van der Waals surface area contributed by atoms with E-state index >= 15 is 0 Å². The summed E-state index contributed by atoms with van der Waals surface area (Å²) in [4.78, 5) is 0. The van der Waals surface area contributed by atoms with Gasteiger partial charge in [0.25, 0.3) is 0 Å². The normalized spacial score (nSPS) is 12.8. The minimum atomic E-state index is 0.0807. The number of methoxy groups -OCH3 is 1. The van der Waals surface area contributed by atoms with Gasteiger partial charge in [-0.3, -0.25) is 0 Å². The van der Waals surface area contributed by atoms with Gasteiger partial charge >= 0.3 is 0 Å². The molecule has 0 amide bonds. The number of hydrogen-bond donors (Lipinski definition) is 0. The molecule has 1 nitrogen and oxygen atoms in total. The van der Waals surface area contributed by atoms with E-state index in [1.807, 2.05) is 6.07 Å². The van der Waals surface area contributed by atoms with Gasteiger partial charge in [0.15, 0.2) is 0 Å². The van der Waals surface area contributed by atoms with Gasteiger partial charge in [0, 0.05) is 5.56 Å². The van der Waals surface area contributed by atoms with E-state index in [1.165, 1.54) is 16.7 Å². The molecule has 0 spiro atoms. The molecule has 21 heavy (non-hydrogen) atoms. The van der Waals surface area contributed by atoms with Crippen molar-refractivity contribution in [1.29, 1.82) is 0 Å². The predicted molar refractivity (Wildman–Crippen MR) is 91.1 cm³/mol. The first-order valence-electron chi connectivity index (χ1n) is 7.35. The zero-order valence-corrected chi connectivity index (χ0v) is 13.6. The summed E-state index contributed by atoms with van der Waals surface area (Å²) in [5, 5.41) is 0. The second-order valence-electron chi connectivity index (χ2n) is 6.32. The fraction of sp³-hybridized carbons (Fsp3) is 0.300. The van der Waals surface area contributed by atoms with Crippen molar-refractivity contribution in [2.45, 2.75) is 33.1 Å². The molecular formula is C20H24O. The fourth-order valence-electron chi connectivity index (χ4n) is 2.62. The molecule has 2 aromatic rings. The third-order valence-corrected chi connectivity index (χ3v) is 3.73. The van der Waals surface area contributed by atoms with Crippen molar-refractivity contribution in [3.05, 3.63) is 71.3 Å². The Bertz CT molecular complexity index is 630. The van der Waals surface area contributed by atoms with E-state index in [9.17, 15) is 0 Å². The first-order valence-corrected chi connectivity index (χ1v) is 7.35. The summed E-state index contributed by atoms with van der Waals surface area (Å²) in [7, 11) is 1.75. The lowest BCUT2D eigenvalue weighted by atomic mass is 9.82. The van der Waals surface area contributed by atoms with Crippen molar-refractivity contribution in [3.8, 4) is 0 Å². The molecule has 0 aromatic heterocycles. The Balaban J connectivity index is 2.63. The van der Waals surface area contributed by atoms with Crippen LogP contribution >= 0.6 is 0 Å². The molecule has 0 bridgehead atoms. The van der Waals surface area contributed by atoms with Crippen molar-refractivity contribution in [3.63, 3.8) is 0 Å². The largest absolute Gasteiger partial charge is 0.496 e. The second kappa shape index (κ2) is 6.17. The van der Waals surface area contributed by atoms with Gasteiger partial charge in [-0.2, -0.15) is 0 Å². The van der Waals surface area contributed by atoms with E-state index in [1.54, 1.807) is 7.11 Å². The van der Waals surface area contributed by atoms with Gasteiger partial charge in [-0.15, -0.1) is 0 Å². The van der Waals surface area contributed by atoms with Crippen molar-refractivity contribution in [2.75, 3.05) is 7.11 Å². The summed E-state index contributed by atoms with van der Waals surface area (Å²) >= 11 is 0. The van der Waals surface area contributed by atoms with Crippen LogP contribution in [0.5, 0.6) is 0 Å². The van der Waals surface area contributed by atoms with Gasteiger partial charge in [-0.25, -0.2) is 0 Å². The van der Waals surface area contributed by atoms with Crippen LogP contribution in [0.3, 0.4) is 0 Å². The molecule has 110 valence electrons. The molecule has 0 atom stereocenters. The topological polar surface area (TPSA) is 9.23 Å². The van der Waals surface area contributed by atoms with Crippen LogP contribution in [-0.4, -0.2) is 7.11 Å². The molecule has 0 N–H and O–H groups in total. The Kier molecular flexibility index (Phi) is 4.52. The molecule has 1 heteroatoms. The molecule has 0 fully saturated rings. The van der Waals surface area contributed by atoms with E-state index in [0.29, 0.717) is 0 Å². The van der Waals surface area contributed by atoms with Crippen LogP contribution in [0.2, 0.25) is 0 Å². The van der Waals surface area contributed by atoms with Crippen LogP contribution < -0.4 is 0 Å². The number of benzene rings is 2. The zero-order valence-electron chi connectivity index (χ0n) is 13.6. The van der Waals surface area contributed by atoms with Crippen LogP contribution in [0, 0.1) is 0 Å². The van der Waals surface area contributed by atoms with Crippen molar-refractivity contribution < 1.29 is 4.74 Å². The summed E-state index contributed by atoms with van der Waals surface area (Å²) in [6, 6.07) is 18.9. The summed E-state index contributed by atoms with van der Waals surface area (Å²) in [6.45, 7) is 8.82. The molecule has 0 radical (unpaired) electrons. The smallest absolute Gasteiger partial charge is 0.129 e. The Labute approximate surface area is 128 Å². The lowest BCUT2D eigenvalue weighted by Gasteiger charge is -2.24. The van der Waals surface area contributed by atoms with Crippen molar-refractivity contribution in [2.24, 2.45) is 0 Å². The molecule has 0 aliphatic carbocycles. The third kappa shape index (κ3) is 3.36. The summed E-state index contributed by atoms with van der Waals surface area (Å²) in [6.07, 6.45) is 0. The minimum absolute atomic E-state index is 0.0807. The van der Waals surface area contributed by atoms with Gasteiger partial charge in [0.1, 0.15) is 5.76 Å². The summed E-state index contributed by atoms with van der Waals surface area (Å²) < 4.78 is 5.77. The molecule has 0 aliphatic rings. The highest BCUT2D eigenvalue weighted by Gasteiger charge is 2.21. The number of rotatable bonds is 3. The highest BCUT2D eigenvalue weighted by molar-refractivity contribution is 5.87. The maximum atomic E-state index is 5.77. The molecule has 2 rings (SSSR count). The average Bonchev–Trinajstić information content (AvgIpc) is 2.48. The Morgan fingerprint density at radius 3 is 2.00 bits per heavy atom. The average molecular weight is 280 g/mol. The fourth-order valence-corrected chi connectivity index (χ4v) is 2.62. The van der Waals surface area contributed by atoms with E-state index < -0.39 is 0 Å². The molecular weight excluding hydrogens is 256 g/mol. The monoisotopic (exact) mass is 280 g/mol. The van der Waals surface area contributed by atoms with Gasteiger partial charge in [-0.05, 0) is 29.0 Å². The van der Waals surface area contributed by atoms with Gasteiger partial charge in [0.05, 0.1) is 7.11 Å².